The van der Waals surface area contributed by atoms with Gasteiger partial charge in [0.2, 0.25) is 0 Å². The highest BCUT2D eigenvalue weighted by Gasteiger charge is 2.32. The quantitative estimate of drug-likeness (QED) is 0.812. The molecule has 1 aromatic rings. The van der Waals surface area contributed by atoms with Crippen LogP contribution in [0.4, 0.5) is 0 Å². The Morgan fingerprint density at radius 3 is 2.09 bits per heavy atom. The Bertz CT molecular complexity index is 451. The molecule has 122 valence electrons. The van der Waals surface area contributed by atoms with Gasteiger partial charge in [-0.05, 0) is 48.3 Å². The zero-order chi connectivity index (χ0) is 15.5. The molecule has 22 heavy (non-hydrogen) atoms. The maximum atomic E-state index is 2.69. The van der Waals surface area contributed by atoms with E-state index in [9.17, 15) is 0 Å². The number of piperazine rings is 1. The average molecular weight is 300 g/mol. The Hall–Kier alpha value is -0.860. The Kier molecular flexibility index (Phi) is 5.20. The van der Waals surface area contributed by atoms with Gasteiger partial charge in [-0.15, -0.1) is 0 Å². The fourth-order valence-electron chi connectivity index (χ4n) is 3.96. The molecule has 1 saturated carbocycles. The van der Waals surface area contributed by atoms with Crippen molar-refractivity contribution in [1.29, 1.82) is 0 Å². The minimum atomic E-state index is 0.643. The molecule has 2 aliphatic rings. The number of likely N-dealkylation sites (N-methyl/N-ethyl adjacent to an activating group) is 1. The molecule has 0 amide bonds. The predicted octanol–water partition coefficient (Wildman–Crippen LogP) is 3.94. The van der Waals surface area contributed by atoms with E-state index in [1.165, 1.54) is 57.7 Å². The van der Waals surface area contributed by atoms with Gasteiger partial charge in [0.25, 0.3) is 0 Å². The van der Waals surface area contributed by atoms with E-state index < -0.39 is 0 Å². The highest BCUT2D eigenvalue weighted by Crippen LogP contribution is 2.42. The summed E-state index contributed by atoms with van der Waals surface area (Å²) in [7, 11) is 0. The molecule has 3 rings (SSSR count). The number of hydrogen-bond acceptors (Lipinski definition) is 2. The molecule has 0 N–H and O–H groups in total. The van der Waals surface area contributed by atoms with Crippen molar-refractivity contribution < 1.29 is 0 Å². The van der Waals surface area contributed by atoms with Crippen molar-refractivity contribution in [3.05, 3.63) is 35.4 Å². The molecule has 1 saturated heterocycles. The van der Waals surface area contributed by atoms with Crippen LogP contribution >= 0.6 is 0 Å². The van der Waals surface area contributed by atoms with Crippen molar-refractivity contribution in [2.75, 3.05) is 39.3 Å². The van der Waals surface area contributed by atoms with Gasteiger partial charge in [0.15, 0.2) is 0 Å². The van der Waals surface area contributed by atoms with Crippen LogP contribution in [0.15, 0.2) is 24.3 Å². The van der Waals surface area contributed by atoms with Crippen molar-refractivity contribution in [2.45, 2.75) is 45.4 Å². The molecular formula is C20H32N2. The summed E-state index contributed by atoms with van der Waals surface area (Å²) in [5.41, 5.74) is 3.03. The normalized spacial score (nSPS) is 27.1. The molecule has 0 spiro atoms. The highest BCUT2D eigenvalue weighted by molar-refractivity contribution is 5.28. The van der Waals surface area contributed by atoms with Gasteiger partial charge >= 0.3 is 0 Å². The highest BCUT2D eigenvalue weighted by atomic mass is 15.3. The van der Waals surface area contributed by atoms with Crippen LogP contribution in [0.5, 0.6) is 0 Å². The summed E-state index contributed by atoms with van der Waals surface area (Å²) in [4.78, 5) is 5.26. The molecule has 1 aromatic carbocycles. The molecule has 0 radical (unpaired) electrons. The summed E-state index contributed by atoms with van der Waals surface area (Å²) in [6.45, 7) is 14.4. The van der Waals surface area contributed by atoms with Crippen LogP contribution in [0.3, 0.4) is 0 Å². The van der Waals surface area contributed by atoms with Gasteiger partial charge in [-0.2, -0.15) is 0 Å². The summed E-state index contributed by atoms with van der Waals surface area (Å²) in [6, 6.07) is 9.40. The van der Waals surface area contributed by atoms with Gasteiger partial charge in [-0.3, -0.25) is 0 Å². The molecule has 1 heterocycles. The number of nitrogens with zero attached hydrogens (tertiary/aromatic N) is 2. The second kappa shape index (κ2) is 7.14. The van der Waals surface area contributed by atoms with Gasteiger partial charge in [0, 0.05) is 32.7 Å². The van der Waals surface area contributed by atoms with E-state index in [-0.39, 0.29) is 0 Å². The number of benzene rings is 1. The van der Waals surface area contributed by atoms with Gasteiger partial charge in [-0.25, -0.2) is 0 Å². The Balaban J connectivity index is 1.42. The molecule has 1 aliphatic carbocycles. The molecule has 0 aromatic heterocycles. The van der Waals surface area contributed by atoms with Crippen LogP contribution < -0.4 is 0 Å². The van der Waals surface area contributed by atoms with Crippen molar-refractivity contribution in [2.24, 2.45) is 5.92 Å². The molecule has 2 heteroatoms. The minimum Gasteiger partial charge on any atom is -0.301 e. The molecular weight excluding hydrogens is 268 g/mol. The largest absolute Gasteiger partial charge is 0.301 e. The fourth-order valence-corrected chi connectivity index (χ4v) is 3.96. The van der Waals surface area contributed by atoms with E-state index in [4.69, 9.17) is 0 Å². The molecule has 0 atom stereocenters. The second-order valence-electron chi connectivity index (χ2n) is 7.59. The van der Waals surface area contributed by atoms with Crippen molar-refractivity contribution in [3.63, 3.8) is 0 Å². The van der Waals surface area contributed by atoms with E-state index >= 15 is 0 Å². The van der Waals surface area contributed by atoms with Crippen molar-refractivity contribution in [1.82, 2.24) is 9.80 Å². The third-order valence-electron chi connectivity index (χ3n) is 5.74. The Morgan fingerprint density at radius 1 is 0.955 bits per heavy atom. The van der Waals surface area contributed by atoms with E-state index in [1.807, 2.05) is 0 Å². The lowest BCUT2D eigenvalue weighted by molar-refractivity contribution is 0.0964. The Morgan fingerprint density at radius 2 is 1.55 bits per heavy atom. The van der Waals surface area contributed by atoms with Crippen LogP contribution in [0.25, 0.3) is 0 Å². The SMILES string of the molecule is CCN1CCN(CC2CC(c3ccc(C(C)C)cc3)C2)CC1. The first kappa shape index (κ1) is 16.0. The van der Waals surface area contributed by atoms with Crippen LogP contribution in [0, 0.1) is 5.92 Å². The van der Waals surface area contributed by atoms with Crippen LogP contribution in [0.2, 0.25) is 0 Å². The summed E-state index contributed by atoms with van der Waals surface area (Å²) in [5, 5.41) is 0. The Labute approximate surface area is 136 Å². The molecule has 1 aliphatic heterocycles. The minimum absolute atomic E-state index is 0.643. The molecule has 2 nitrogen and oxygen atoms in total. The maximum absolute atomic E-state index is 2.69. The summed E-state index contributed by atoms with van der Waals surface area (Å²) in [6.07, 6.45) is 2.80. The van der Waals surface area contributed by atoms with Gasteiger partial charge < -0.3 is 9.80 Å². The first-order valence-electron chi connectivity index (χ1n) is 9.20. The van der Waals surface area contributed by atoms with E-state index in [0.29, 0.717) is 5.92 Å². The van der Waals surface area contributed by atoms with Gasteiger partial charge in [0.05, 0.1) is 0 Å². The van der Waals surface area contributed by atoms with Crippen LogP contribution in [0.1, 0.15) is 56.6 Å². The number of rotatable bonds is 5. The fraction of sp³-hybridized carbons (Fsp3) is 0.700. The van der Waals surface area contributed by atoms with E-state index in [0.717, 1.165) is 11.8 Å². The van der Waals surface area contributed by atoms with Crippen molar-refractivity contribution >= 4 is 0 Å². The summed E-state index contributed by atoms with van der Waals surface area (Å²) >= 11 is 0. The first-order chi connectivity index (χ1) is 10.7. The lowest BCUT2D eigenvalue weighted by atomic mass is 9.71. The lowest BCUT2D eigenvalue weighted by Gasteiger charge is -2.41. The van der Waals surface area contributed by atoms with E-state index in [2.05, 4.69) is 54.8 Å². The van der Waals surface area contributed by atoms with Gasteiger partial charge in [0.1, 0.15) is 0 Å². The van der Waals surface area contributed by atoms with Crippen LogP contribution in [-0.2, 0) is 0 Å². The molecule has 2 fully saturated rings. The summed E-state index contributed by atoms with van der Waals surface area (Å²) in [5.74, 6) is 2.40. The number of hydrogen-bond donors (Lipinski definition) is 0. The monoisotopic (exact) mass is 300 g/mol. The van der Waals surface area contributed by atoms with Crippen molar-refractivity contribution in [3.8, 4) is 0 Å². The topological polar surface area (TPSA) is 6.48 Å². The standard InChI is InChI=1S/C20H32N2/c1-4-21-9-11-22(12-10-21)15-17-13-20(14-17)19-7-5-18(6-8-19)16(2)3/h5-8,16-17,20H,4,9-15H2,1-3H3. The zero-order valence-corrected chi connectivity index (χ0v) is 14.6. The van der Waals surface area contributed by atoms with E-state index in [1.54, 1.807) is 5.56 Å². The molecule has 0 bridgehead atoms. The maximum Gasteiger partial charge on any atom is 0.0110 e. The lowest BCUT2D eigenvalue weighted by Crippen LogP contribution is -2.48. The average Bonchev–Trinajstić information content (AvgIpc) is 2.51. The third kappa shape index (κ3) is 3.72. The smallest absolute Gasteiger partial charge is 0.0110 e. The molecule has 0 unspecified atom stereocenters. The zero-order valence-electron chi connectivity index (χ0n) is 14.6. The predicted molar refractivity (Wildman–Crippen MR) is 94.6 cm³/mol. The van der Waals surface area contributed by atoms with Gasteiger partial charge in [-0.1, -0.05) is 45.0 Å². The third-order valence-corrected chi connectivity index (χ3v) is 5.74. The second-order valence-corrected chi connectivity index (χ2v) is 7.59. The summed E-state index contributed by atoms with van der Waals surface area (Å²) < 4.78 is 0. The van der Waals surface area contributed by atoms with Crippen LogP contribution in [-0.4, -0.2) is 49.1 Å². The first-order valence-corrected chi connectivity index (χ1v) is 9.20.